The fourth-order valence-electron chi connectivity index (χ4n) is 4.22. The van der Waals surface area contributed by atoms with Crippen LogP contribution in [0.2, 0.25) is 0 Å². The Morgan fingerprint density at radius 3 is 2.65 bits per heavy atom. The van der Waals surface area contributed by atoms with Gasteiger partial charge in [0.05, 0.1) is 12.2 Å². The Balaban J connectivity index is 1.48. The van der Waals surface area contributed by atoms with Crippen LogP contribution in [0.1, 0.15) is 50.4 Å². The number of aromatic nitrogens is 3. The van der Waals surface area contributed by atoms with E-state index < -0.39 is 0 Å². The third-order valence-corrected chi connectivity index (χ3v) is 5.66. The van der Waals surface area contributed by atoms with Gasteiger partial charge in [-0.05, 0) is 51.1 Å². The van der Waals surface area contributed by atoms with Crippen molar-refractivity contribution in [1.82, 2.24) is 24.8 Å². The summed E-state index contributed by atoms with van der Waals surface area (Å²) in [6.45, 7) is 7.88. The first-order valence-electron chi connectivity index (χ1n) is 9.13. The average Bonchev–Trinajstić information content (AvgIpc) is 3.09. The molecule has 2 aliphatic heterocycles. The zero-order chi connectivity index (χ0) is 15.8. The van der Waals surface area contributed by atoms with Gasteiger partial charge in [-0.2, -0.15) is 0 Å². The summed E-state index contributed by atoms with van der Waals surface area (Å²) in [5, 5.41) is 8.77. The van der Waals surface area contributed by atoms with E-state index in [1.54, 1.807) is 0 Å². The highest BCUT2D eigenvalue weighted by Gasteiger charge is 2.35. The third kappa shape index (κ3) is 3.01. The second-order valence-corrected chi connectivity index (χ2v) is 7.58. The van der Waals surface area contributed by atoms with E-state index in [-0.39, 0.29) is 5.92 Å². The number of carbonyl (C=O) groups is 1. The number of rotatable bonds is 3. The summed E-state index contributed by atoms with van der Waals surface area (Å²) >= 11 is 0. The minimum absolute atomic E-state index is 0.259. The van der Waals surface area contributed by atoms with Gasteiger partial charge in [-0.3, -0.25) is 9.69 Å². The average molecular weight is 317 g/mol. The van der Waals surface area contributed by atoms with Crippen LogP contribution in [-0.4, -0.2) is 50.3 Å². The fraction of sp³-hybridized carbons (Fsp3) is 0.824. The van der Waals surface area contributed by atoms with Crippen LogP contribution in [0.3, 0.4) is 0 Å². The molecule has 6 nitrogen and oxygen atoms in total. The van der Waals surface area contributed by atoms with Crippen LogP contribution >= 0.6 is 0 Å². The van der Waals surface area contributed by atoms with Crippen LogP contribution in [0.5, 0.6) is 0 Å². The number of nitrogens with zero attached hydrogens (tertiary/aromatic N) is 5. The predicted octanol–water partition coefficient (Wildman–Crippen LogP) is 1.65. The highest BCUT2D eigenvalue weighted by atomic mass is 16.2. The van der Waals surface area contributed by atoms with Crippen molar-refractivity contribution in [2.24, 2.45) is 11.8 Å². The van der Waals surface area contributed by atoms with Crippen LogP contribution in [-0.2, 0) is 24.4 Å². The van der Waals surface area contributed by atoms with Crippen molar-refractivity contribution in [1.29, 1.82) is 0 Å². The number of hydrogen-bond acceptors (Lipinski definition) is 4. The first-order valence-corrected chi connectivity index (χ1v) is 9.13. The van der Waals surface area contributed by atoms with E-state index >= 15 is 0 Å². The second-order valence-electron chi connectivity index (χ2n) is 7.58. The van der Waals surface area contributed by atoms with Gasteiger partial charge in [0.15, 0.2) is 0 Å². The van der Waals surface area contributed by atoms with Crippen molar-refractivity contribution in [3.8, 4) is 0 Å². The Bertz CT molecular complexity index is 572. The molecule has 3 aliphatic rings. The highest BCUT2D eigenvalue weighted by molar-refractivity contribution is 5.79. The standard InChI is InChI=1S/C17H27N5O/c1-13-9-14(10-13)17(23)21-7-4-8-22-16(12-21)15(18-19-22)11-20-5-2-3-6-20/h13-14H,2-12H2,1H3. The van der Waals surface area contributed by atoms with Crippen molar-refractivity contribution in [3.63, 3.8) is 0 Å². The molecule has 3 heterocycles. The molecule has 4 rings (SSSR count). The van der Waals surface area contributed by atoms with Crippen molar-refractivity contribution < 1.29 is 4.79 Å². The molecular weight excluding hydrogens is 290 g/mol. The van der Waals surface area contributed by atoms with Gasteiger partial charge in [-0.15, -0.1) is 5.10 Å². The zero-order valence-electron chi connectivity index (χ0n) is 14.1. The summed E-state index contributed by atoms with van der Waals surface area (Å²) in [7, 11) is 0. The van der Waals surface area contributed by atoms with Crippen LogP contribution < -0.4 is 0 Å². The molecule has 2 fully saturated rings. The molecular formula is C17H27N5O. The van der Waals surface area contributed by atoms with Crippen LogP contribution in [0.15, 0.2) is 0 Å². The van der Waals surface area contributed by atoms with Gasteiger partial charge in [-0.25, -0.2) is 4.68 Å². The van der Waals surface area contributed by atoms with Gasteiger partial charge < -0.3 is 4.90 Å². The topological polar surface area (TPSA) is 54.3 Å². The first kappa shape index (κ1) is 15.1. The Labute approximate surface area is 137 Å². The van der Waals surface area contributed by atoms with E-state index in [1.165, 1.54) is 12.8 Å². The van der Waals surface area contributed by atoms with E-state index in [0.717, 1.165) is 63.4 Å². The minimum Gasteiger partial charge on any atom is -0.336 e. The Hall–Kier alpha value is -1.43. The van der Waals surface area contributed by atoms with E-state index in [4.69, 9.17) is 0 Å². The van der Waals surface area contributed by atoms with E-state index in [2.05, 4.69) is 27.0 Å². The maximum absolute atomic E-state index is 12.7. The second kappa shape index (κ2) is 6.23. The van der Waals surface area contributed by atoms with Crippen LogP contribution in [0.25, 0.3) is 0 Å². The monoisotopic (exact) mass is 317 g/mol. The van der Waals surface area contributed by atoms with Crippen molar-refractivity contribution in [3.05, 3.63) is 11.4 Å². The van der Waals surface area contributed by atoms with E-state index in [9.17, 15) is 4.79 Å². The smallest absolute Gasteiger partial charge is 0.226 e. The van der Waals surface area contributed by atoms with Crippen molar-refractivity contribution in [2.45, 2.75) is 58.7 Å². The molecule has 126 valence electrons. The molecule has 0 spiro atoms. The summed E-state index contributed by atoms with van der Waals surface area (Å²) in [5.74, 6) is 1.33. The molecule has 0 unspecified atom stereocenters. The lowest BCUT2D eigenvalue weighted by Gasteiger charge is -2.35. The molecule has 1 aromatic heterocycles. The van der Waals surface area contributed by atoms with Crippen LogP contribution in [0, 0.1) is 11.8 Å². The predicted molar refractivity (Wildman–Crippen MR) is 86.5 cm³/mol. The fourth-order valence-corrected chi connectivity index (χ4v) is 4.22. The van der Waals surface area contributed by atoms with E-state index in [0.29, 0.717) is 18.4 Å². The van der Waals surface area contributed by atoms with Gasteiger partial charge in [0, 0.05) is 25.6 Å². The molecule has 6 heteroatoms. The van der Waals surface area contributed by atoms with Gasteiger partial charge in [0.1, 0.15) is 5.69 Å². The molecule has 0 aromatic carbocycles. The summed E-state index contributed by atoms with van der Waals surface area (Å²) < 4.78 is 2.03. The van der Waals surface area contributed by atoms with E-state index in [1.807, 2.05) is 4.68 Å². The number of amides is 1. The molecule has 1 saturated carbocycles. The summed E-state index contributed by atoms with van der Waals surface area (Å²) in [6, 6.07) is 0. The lowest BCUT2D eigenvalue weighted by atomic mass is 9.75. The van der Waals surface area contributed by atoms with Gasteiger partial charge in [-0.1, -0.05) is 12.1 Å². The quantitative estimate of drug-likeness (QED) is 0.851. The molecule has 0 radical (unpaired) electrons. The molecule has 1 saturated heterocycles. The first-order chi connectivity index (χ1) is 11.2. The summed E-state index contributed by atoms with van der Waals surface area (Å²) in [4.78, 5) is 17.2. The van der Waals surface area contributed by atoms with Crippen LogP contribution in [0.4, 0.5) is 0 Å². The minimum atomic E-state index is 0.259. The normalized spacial score (nSPS) is 28.3. The summed E-state index contributed by atoms with van der Waals surface area (Å²) in [5.41, 5.74) is 2.24. The molecule has 23 heavy (non-hydrogen) atoms. The molecule has 1 amide bonds. The number of likely N-dealkylation sites (tertiary alicyclic amines) is 1. The van der Waals surface area contributed by atoms with Gasteiger partial charge in [0.2, 0.25) is 5.91 Å². The highest BCUT2D eigenvalue weighted by Crippen LogP contribution is 2.35. The Morgan fingerprint density at radius 1 is 1.13 bits per heavy atom. The number of carbonyl (C=O) groups excluding carboxylic acids is 1. The zero-order valence-corrected chi connectivity index (χ0v) is 14.1. The molecule has 0 atom stereocenters. The molecule has 1 aromatic rings. The lowest BCUT2D eigenvalue weighted by molar-refractivity contribution is -0.140. The summed E-state index contributed by atoms with van der Waals surface area (Å²) in [6.07, 6.45) is 5.68. The maximum atomic E-state index is 12.7. The largest absolute Gasteiger partial charge is 0.336 e. The Kier molecular flexibility index (Phi) is 4.09. The lowest BCUT2D eigenvalue weighted by Crippen LogP contribution is -2.41. The maximum Gasteiger partial charge on any atom is 0.226 e. The number of fused-ring (bicyclic) bond motifs is 1. The molecule has 0 bridgehead atoms. The SMILES string of the molecule is CC1CC(C(=O)N2CCCn3nnc(CN4CCCC4)c3C2)C1. The van der Waals surface area contributed by atoms with Gasteiger partial charge in [0.25, 0.3) is 0 Å². The van der Waals surface area contributed by atoms with Crippen molar-refractivity contribution in [2.75, 3.05) is 19.6 Å². The molecule has 1 aliphatic carbocycles. The molecule has 0 N–H and O–H groups in total. The van der Waals surface area contributed by atoms with Crippen molar-refractivity contribution >= 4 is 5.91 Å². The number of aryl methyl sites for hydroxylation is 1. The van der Waals surface area contributed by atoms with Gasteiger partial charge >= 0.3 is 0 Å². The third-order valence-electron chi connectivity index (χ3n) is 5.66. The number of hydrogen-bond donors (Lipinski definition) is 0. The Morgan fingerprint density at radius 2 is 1.91 bits per heavy atom.